The summed E-state index contributed by atoms with van der Waals surface area (Å²) in [4.78, 5) is 11.8. The van der Waals surface area contributed by atoms with Crippen LogP contribution < -0.4 is 0 Å². The average molecular weight is 253 g/mol. The average Bonchev–Trinajstić information content (AvgIpc) is 2.16. The van der Waals surface area contributed by atoms with Crippen LogP contribution in [0.5, 0.6) is 0 Å². The maximum absolute atomic E-state index is 11.8. The highest BCUT2D eigenvalue weighted by atomic mass is 79.9. The third-order valence-electron chi connectivity index (χ3n) is 2.26. The predicted molar refractivity (Wildman–Crippen MR) is 62.5 cm³/mol. The number of rotatable bonds is 3. The molecule has 1 aromatic carbocycles. The number of hydrogen-bond donors (Lipinski definition) is 0. The lowest BCUT2D eigenvalue weighted by molar-refractivity contribution is 0.0948. The topological polar surface area (TPSA) is 17.1 Å². The summed E-state index contributed by atoms with van der Waals surface area (Å²) < 4.78 is 0.983. The van der Waals surface area contributed by atoms with Crippen LogP contribution in [0.1, 0.15) is 24.2 Å². The van der Waals surface area contributed by atoms with E-state index in [4.69, 9.17) is 0 Å². The molecule has 0 aromatic heterocycles. The van der Waals surface area contributed by atoms with Crippen LogP contribution in [-0.2, 0) is 0 Å². The van der Waals surface area contributed by atoms with E-state index in [0.717, 1.165) is 15.6 Å². The second-order valence-corrected chi connectivity index (χ2v) is 4.35. The van der Waals surface area contributed by atoms with Gasteiger partial charge in [0, 0.05) is 16.0 Å². The molecule has 0 aliphatic heterocycles. The van der Waals surface area contributed by atoms with E-state index in [9.17, 15) is 4.79 Å². The van der Waals surface area contributed by atoms with Crippen molar-refractivity contribution >= 4 is 21.7 Å². The summed E-state index contributed by atoms with van der Waals surface area (Å²) in [7, 11) is 0. The quantitative estimate of drug-likeness (QED) is 0.590. The maximum atomic E-state index is 11.8. The Morgan fingerprint density at radius 1 is 1.36 bits per heavy atom. The lowest BCUT2D eigenvalue weighted by atomic mass is 9.94. The number of ketones is 1. The third-order valence-corrected chi connectivity index (χ3v) is 2.79. The van der Waals surface area contributed by atoms with Gasteiger partial charge in [0.15, 0.2) is 5.78 Å². The molecule has 0 heterocycles. The van der Waals surface area contributed by atoms with Crippen molar-refractivity contribution in [3.8, 4) is 0 Å². The van der Waals surface area contributed by atoms with Gasteiger partial charge in [0.25, 0.3) is 0 Å². The van der Waals surface area contributed by atoms with Gasteiger partial charge in [-0.2, -0.15) is 0 Å². The SMILES string of the molecule is C=C(C)[C@H](C)C(=O)c1ccc(Br)cc1. The van der Waals surface area contributed by atoms with Crippen LogP contribution in [0.3, 0.4) is 0 Å². The second-order valence-electron chi connectivity index (χ2n) is 3.44. The van der Waals surface area contributed by atoms with E-state index in [1.165, 1.54) is 0 Å². The molecule has 0 bridgehead atoms. The Kier molecular flexibility index (Phi) is 3.64. The molecule has 0 saturated heterocycles. The zero-order valence-corrected chi connectivity index (χ0v) is 9.97. The number of allylic oxidation sites excluding steroid dienone is 1. The van der Waals surface area contributed by atoms with Gasteiger partial charge in [0.1, 0.15) is 0 Å². The van der Waals surface area contributed by atoms with E-state index < -0.39 is 0 Å². The molecule has 1 atom stereocenters. The van der Waals surface area contributed by atoms with Crippen LogP contribution in [0.4, 0.5) is 0 Å². The van der Waals surface area contributed by atoms with Gasteiger partial charge in [-0.25, -0.2) is 0 Å². The molecule has 0 spiro atoms. The summed E-state index contributed by atoms with van der Waals surface area (Å²) in [6, 6.07) is 7.40. The first-order chi connectivity index (χ1) is 6.52. The summed E-state index contributed by atoms with van der Waals surface area (Å²) in [6.07, 6.45) is 0. The van der Waals surface area contributed by atoms with Gasteiger partial charge in [-0.05, 0) is 19.1 Å². The molecule has 0 radical (unpaired) electrons. The van der Waals surface area contributed by atoms with Crippen molar-refractivity contribution < 1.29 is 4.79 Å². The van der Waals surface area contributed by atoms with Crippen LogP contribution >= 0.6 is 15.9 Å². The lowest BCUT2D eigenvalue weighted by Gasteiger charge is -2.09. The van der Waals surface area contributed by atoms with E-state index in [1.54, 1.807) is 0 Å². The number of benzene rings is 1. The van der Waals surface area contributed by atoms with Crippen LogP contribution in [0.15, 0.2) is 40.9 Å². The molecule has 0 saturated carbocycles. The van der Waals surface area contributed by atoms with Crippen molar-refractivity contribution in [2.24, 2.45) is 5.92 Å². The zero-order valence-electron chi connectivity index (χ0n) is 8.38. The predicted octanol–water partition coefficient (Wildman–Crippen LogP) is 3.84. The minimum atomic E-state index is -0.101. The largest absolute Gasteiger partial charge is 0.294 e. The van der Waals surface area contributed by atoms with E-state index in [-0.39, 0.29) is 11.7 Å². The monoisotopic (exact) mass is 252 g/mol. The van der Waals surface area contributed by atoms with Crippen molar-refractivity contribution in [3.05, 3.63) is 46.5 Å². The third kappa shape index (κ3) is 2.55. The van der Waals surface area contributed by atoms with Crippen molar-refractivity contribution in [2.45, 2.75) is 13.8 Å². The molecule has 1 aromatic rings. The number of hydrogen-bond acceptors (Lipinski definition) is 1. The van der Waals surface area contributed by atoms with Crippen molar-refractivity contribution in [1.82, 2.24) is 0 Å². The molecule has 2 heteroatoms. The molecular formula is C12H13BrO. The molecule has 0 N–H and O–H groups in total. The Morgan fingerprint density at radius 2 is 1.86 bits per heavy atom. The fourth-order valence-electron chi connectivity index (χ4n) is 1.09. The van der Waals surface area contributed by atoms with Crippen molar-refractivity contribution in [1.29, 1.82) is 0 Å². The Hall–Kier alpha value is -0.890. The van der Waals surface area contributed by atoms with Crippen LogP contribution in [-0.4, -0.2) is 5.78 Å². The summed E-state index contributed by atoms with van der Waals surface area (Å²) in [5.41, 5.74) is 1.64. The Balaban J connectivity index is 2.90. The van der Waals surface area contributed by atoms with Gasteiger partial charge in [-0.15, -0.1) is 0 Å². The maximum Gasteiger partial charge on any atom is 0.169 e. The van der Waals surface area contributed by atoms with Gasteiger partial charge >= 0.3 is 0 Å². The molecule has 0 amide bonds. The molecular weight excluding hydrogens is 240 g/mol. The highest BCUT2D eigenvalue weighted by Crippen LogP contribution is 2.17. The minimum Gasteiger partial charge on any atom is -0.294 e. The van der Waals surface area contributed by atoms with Gasteiger partial charge in [-0.1, -0.05) is 47.1 Å². The first-order valence-corrected chi connectivity index (χ1v) is 5.27. The Bertz CT molecular complexity index is 351. The fraction of sp³-hybridized carbons (Fsp3) is 0.250. The van der Waals surface area contributed by atoms with Gasteiger partial charge in [-0.3, -0.25) is 4.79 Å². The highest BCUT2D eigenvalue weighted by molar-refractivity contribution is 9.10. The zero-order chi connectivity index (χ0) is 10.7. The fourth-order valence-corrected chi connectivity index (χ4v) is 1.35. The lowest BCUT2D eigenvalue weighted by Crippen LogP contribution is -2.11. The van der Waals surface area contributed by atoms with Gasteiger partial charge in [0.2, 0.25) is 0 Å². The first kappa shape index (κ1) is 11.2. The molecule has 74 valence electrons. The normalized spacial score (nSPS) is 12.2. The number of halogens is 1. The Labute approximate surface area is 93.0 Å². The summed E-state index contributed by atoms with van der Waals surface area (Å²) in [5, 5.41) is 0. The van der Waals surface area contributed by atoms with E-state index >= 15 is 0 Å². The number of carbonyl (C=O) groups excluding carboxylic acids is 1. The first-order valence-electron chi connectivity index (χ1n) is 4.47. The Morgan fingerprint density at radius 3 is 2.29 bits per heavy atom. The minimum absolute atomic E-state index is 0.101. The van der Waals surface area contributed by atoms with E-state index in [2.05, 4.69) is 22.5 Å². The van der Waals surface area contributed by atoms with E-state index in [0.29, 0.717) is 0 Å². The van der Waals surface area contributed by atoms with E-state index in [1.807, 2.05) is 38.1 Å². The van der Waals surface area contributed by atoms with Gasteiger partial charge < -0.3 is 0 Å². The number of carbonyl (C=O) groups is 1. The molecule has 0 aliphatic carbocycles. The molecule has 14 heavy (non-hydrogen) atoms. The summed E-state index contributed by atoms with van der Waals surface area (Å²) in [6.45, 7) is 7.55. The summed E-state index contributed by atoms with van der Waals surface area (Å²) in [5.74, 6) is 0.0289. The standard InChI is InChI=1S/C12H13BrO/c1-8(2)9(3)12(14)10-4-6-11(13)7-5-10/h4-7,9H,1H2,2-3H3/t9-/m0/s1. The highest BCUT2D eigenvalue weighted by Gasteiger charge is 2.14. The molecule has 1 nitrogen and oxygen atoms in total. The molecule has 1 rings (SSSR count). The smallest absolute Gasteiger partial charge is 0.169 e. The van der Waals surface area contributed by atoms with Crippen LogP contribution in [0.25, 0.3) is 0 Å². The summed E-state index contributed by atoms with van der Waals surface area (Å²) >= 11 is 3.33. The second kappa shape index (κ2) is 4.56. The molecule has 0 aliphatic rings. The number of Topliss-reactive ketones (excluding diaryl/α,β-unsaturated/α-hetero) is 1. The molecule has 0 unspecified atom stereocenters. The molecule has 0 fully saturated rings. The van der Waals surface area contributed by atoms with Crippen LogP contribution in [0.2, 0.25) is 0 Å². The van der Waals surface area contributed by atoms with Crippen molar-refractivity contribution in [2.75, 3.05) is 0 Å². The van der Waals surface area contributed by atoms with Gasteiger partial charge in [0.05, 0.1) is 0 Å². The van der Waals surface area contributed by atoms with Crippen LogP contribution in [0, 0.1) is 5.92 Å². The van der Waals surface area contributed by atoms with Crippen molar-refractivity contribution in [3.63, 3.8) is 0 Å².